The van der Waals surface area contributed by atoms with Crippen molar-refractivity contribution in [3.63, 3.8) is 0 Å². The first-order valence-electron chi connectivity index (χ1n) is 4.56. The molecule has 1 aromatic carbocycles. The third-order valence-electron chi connectivity index (χ3n) is 1.97. The van der Waals surface area contributed by atoms with Crippen LogP contribution in [0.4, 0.5) is 0 Å². The summed E-state index contributed by atoms with van der Waals surface area (Å²) >= 11 is 9.13. The number of rotatable bonds is 4. The highest BCUT2D eigenvalue weighted by Crippen LogP contribution is 2.25. The van der Waals surface area contributed by atoms with Crippen LogP contribution in [0.5, 0.6) is 0 Å². The number of nitrogens with one attached hydrogen (secondary N) is 1. The summed E-state index contributed by atoms with van der Waals surface area (Å²) in [7, 11) is 0. The lowest BCUT2D eigenvalue weighted by molar-refractivity contribution is 0.0879. The fourth-order valence-corrected chi connectivity index (χ4v) is 1.67. The van der Waals surface area contributed by atoms with Crippen molar-refractivity contribution in [3.05, 3.63) is 33.3 Å². The van der Waals surface area contributed by atoms with Gasteiger partial charge in [-0.05, 0) is 28.1 Å². The highest BCUT2D eigenvalue weighted by Gasteiger charge is 2.15. The zero-order chi connectivity index (χ0) is 12.1. The molecule has 0 saturated carbocycles. The van der Waals surface area contributed by atoms with Gasteiger partial charge in [-0.2, -0.15) is 0 Å². The highest BCUT2D eigenvalue weighted by molar-refractivity contribution is 9.10. The molecule has 0 atom stereocenters. The summed E-state index contributed by atoms with van der Waals surface area (Å²) in [5, 5.41) is 20.4. The van der Waals surface area contributed by atoms with Crippen molar-refractivity contribution in [2.75, 3.05) is 13.2 Å². The van der Waals surface area contributed by atoms with Crippen molar-refractivity contribution in [3.8, 4) is 0 Å². The van der Waals surface area contributed by atoms with Crippen LogP contribution in [0.15, 0.2) is 22.7 Å². The third kappa shape index (κ3) is 3.18. The first-order chi connectivity index (χ1) is 7.60. The van der Waals surface area contributed by atoms with Crippen molar-refractivity contribution in [1.82, 2.24) is 5.32 Å². The minimum atomic E-state index is -0.678. The van der Waals surface area contributed by atoms with E-state index < -0.39 is 11.9 Å². The Morgan fingerprint density at radius 2 is 2.06 bits per heavy atom. The Bertz CT molecular complexity index is 382. The molecule has 6 heteroatoms. The molecular weight excluding hydrogens is 297 g/mol. The topological polar surface area (TPSA) is 69.6 Å². The van der Waals surface area contributed by atoms with Gasteiger partial charge in [-0.3, -0.25) is 4.79 Å². The summed E-state index contributed by atoms with van der Waals surface area (Å²) < 4.78 is 0.617. The molecule has 4 nitrogen and oxygen atoms in total. The fraction of sp³-hybridized carbons (Fsp3) is 0.300. The molecule has 0 aliphatic rings. The summed E-state index contributed by atoms with van der Waals surface area (Å²) in [4.78, 5) is 11.7. The van der Waals surface area contributed by atoms with Crippen molar-refractivity contribution >= 4 is 33.4 Å². The van der Waals surface area contributed by atoms with Gasteiger partial charge < -0.3 is 15.5 Å². The number of benzene rings is 1. The Hall–Kier alpha value is -0.620. The van der Waals surface area contributed by atoms with Crippen LogP contribution in [0.25, 0.3) is 0 Å². The molecule has 0 unspecified atom stereocenters. The third-order valence-corrected chi connectivity index (χ3v) is 3.27. The molecule has 1 aromatic rings. The highest BCUT2D eigenvalue weighted by atomic mass is 79.9. The Balaban J connectivity index is 2.84. The van der Waals surface area contributed by atoms with Crippen LogP contribution in [-0.2, 0) is 0 Å². The Morgan fingerprint density at radius 1 is 1.44 bits per heavy atom. The van der Waals surface area contributed by atoms with Crippen LogP contribution in [0, 0.1) is 0 Å². The van der Waals surface area contributed by atoms with Gasteiger partial charge in [0.2, 0.25) is 0 Å². The van der Waals surface area contributed by atoms with E-state index in [-0.39, 0.29) is 13.2 Å². The van der Waals surface area contributed by atoms with Crippen molar-refractivity contribution in [1.29, 1.82) is 0 Å². The molecular formula is C10H11BrClNO3. The summed E-state index contributed by atoms with van der Waals surface area (Å²) in [6.07, 6.45) is 0. The Labute approximate surface area is 106 Å². The molecule has 0 spiro atoms. The zero-order valence-corrected chi connectivity index (χ0v) is 10.6. The number of halogens is 2. The molecule has 0 saturated heterocycles. The van der Waals surface area contributed by atoms with E-state index in [0.29, 0.717) is 15.1 Å². The second-order valence-corrected chi connectivity index (χ2v) is 4.37. The predicted molar refractivity (Wildman–Crippen MR) is 64.6 cm³/mol. The summed E-state index contributed by atoms with van der Waals surface area (Å²) in [5.74, 6) is -0.431. The number of aliphatic hydroxyl groups excluding tert-OH is 2. The number of aliphatic hydroxyl groups is 2. The van der Waals surface area contributed by atoms with Crippen LogP contribution < -0.4 is 5.32 Å². The summed E-state index contributed by atoms with van der Waals surface area (Å²) in [5.41, 5.74) is 0.294. The molecule has 16 heavy (non-hydrogen) atoms. The van der Waals surface area contributed by atoms with E-state index in [1.165, 1.54) is 0 Å². The van der Waals surface area contributed by atoms with Gasteiger partial charge in [0.25, 0.3) is 5.91 Å². The standard InChI is InChI=1S/C10H11BrClNO3/c11-8-3-1-2-7(9(8)12)10(16)13-6(4-14)5-15/h1-3,6,14-15H,4-5H2,(H,13,16). The van der Waals surface area contributed by atoms with E-state index in [1.807, 2.05) is 0 Å². The van der Waals surface area contributed by atoms with E-state index in [9.17, 15) is 4.79 Å². The van der Waals surface area contributed by atoms with Gasteiger partial charge >= 0.3 is 0 Å². The van der Waals surface area contributed by atoms with Crippen LogP contribution in [0.1, 0.15) is 10.4 Å². The second kappa shape index (κ2) is 6.20. The minimum Gasteiger partial charge on any atom is -0.394 e. The van der Waals surface area contributed by atoms with E-state index >= 15 is 0 Å². The SMILES string of the molecule is O=C(NC(CO)CO)c1cccc(Br)c1Cl. The maximum atomic E-state index is 11.7. The Kier molecular flexibility index (Phi) is 5.21. The number of carbonyl (C=O) groups is 1. The number of amides is 1. The van der Waals surface area contributed by atoms with E-state index in [1.54, 1.807) is 18.2 Å². The zero-order valence-electron chi connectivity index (χ0n) is 8.28. The number of hydrogen-bond acceptors (Lipinski definition) is 3. The van der Waals surface area contributed by atoms with Crippen LogP contribution in [-0.4, -0.2) is 35.4 Å². The van der Waals surface area contributed by atoms with Crippen LogP contribution in [0.3, 0.4) is 0 Å². The largest absolute Gasteiger partial charge is 0.394 e. The minimum absolute atomic E-state index is 0.294. The maximum Gasteiger partial charge on any atom is 0.253 e. The summed E-state index contributed by atoms with van der Waals surface area (Å²) in [6, 6.07) is 4.28. The quantitative estimate of drug-likeness (QED) is 0.782. The van der Waals surface area contributed by atoms with Gasteiger partial charge in [-0.15, -0.1) is 0 Å². The average molecular weight is 309 g/mol. The van der Waals surface area contributed by atoms with Crippen molar-refractivity contribution in [2.24, 2.45) is 0 Å². The van der Waals surface area contributed by atoms with Gasteiger partial charge in [0, 0.05) is 4.47 Å². The van der Waals surface area contributed by atoms with Gasteiger partial charge in [0.15, 0.2) is 0 Å². The monoisotopic (exact) mass is 307 g/mol. The lowest BCUT2D eigenvalue weighted by Crippen LogP contribution is -2.40. The molecule has 0 aromatic heterocycles. The lowest BCUT2D eigenvalue weighted by Gasteiger charge is -2.14. The van der Waals surface area contributed by atoms with Crippen molar-refractivity contribution < 1.29 is 15.0 Å². The molecule has 0 bridgehead atoms. The predicted octanol–water partition coefficient (Wildman–Crippen LogP) is 1.19. The van der Waals surface area contributed by atoms with E-state index in [4.69, 9.17) is 21.8 Å². The van der Waals surface area contributed by atoms with Gasteiger partial charge in [-0.1, -0.05) is 17.7 Å². The molecule has 0 aliphatic carbocycles. The molecule has 0 aliphatic heterocycles. The first-order valence-corrected chi connectivity index (χ1v) is 5.73. The van der Waals surface area contributed by atoms with Crippen LogP contribution in [0.2, 0.25) is 5.02 Å². The van der Waals surface area contributed by atoms with E-state index in [0.717, 1.165) is 0 Å². The molecule has 0 fully saturated rings. The molecule has 88 valence electrons. The molecule has 0 heterocycles. The van der Waals surface area contributed by atoms with Gasteiger partial charge in [-0.25, -0.2) is 0 Å². The Morgan fingerprint density at radius 3 is 2.62 bits per heavy atom. The first kappa shape index (κ1) is 13.4. The van der Waals surface area contributed by atoms with Gasteiger partial charge in [0.1, 0.15) is 0 Å². The smallest absolute Gasteiger partial charge is 0.253 e. The maximum absolute atomic E-state index is 11.7. The molecule has 1 rings (SSSR count). The van der Waals surface area contributed by atoms with E-state index in [2.05, 4.69) is 21.2 Å². The summed E-state index contributed by atoms with van der Waals surface area (Å²) in [6.45, 7) is -0.651. The molecule has 0 radical (unpaired) electrons. The van der Waals surface area contributed by atoms with Crippen LogP contribution >= 0.6 is 27.5 Å². The van der Waals surface area contributed by atoms with Gasteiger partial charge in [0.05, 0.1) is 29.8 Å². The number of hydrogen-bond donors (Lipinski definition) is 3. The second-order valence-electron chi connectivity index (χ2n) is 3.14. The number of carbonyl (C=O) groups excluding carboxylic acids is 1. The lowest BCUT2D eigenvalue weighted by atomic mass is 10.2. The van der Waals surface area contributed by atoms with Crippen molar-refractivity contribution in [2.45, 2.75) is 6.04 Å². The normalized spacial score (nSPS) is 10.6. The average Bonchev–Trinajstić information content (AvgIpc) is 2.29. The fourth-order valence-electron chi connectivity index (χ4n) is 1.09. The molecule has 1 amide bonds. The molecule has 3 N–H and O–H groups in total.